The summed E-state index contributed by atoms with van der Waals surface area (Å²) >= 11 is 0. The molecule has 0 heterocycles. The molecule has 0 saturated heterocycles. The molecule has 2 aromatic rings. The second-order valence-electron chi connectivity index (χ2n) is 4.43. The van der Waals surface area contributed by atoms with Crippen molar-refractivity contribution in [3.63, 3.8) is 0 Å². The van der Waals surface area contributed by atoms with Gasteiger partial charge < -0.3 is 5.73 Å². The van der Waals surface area contributed by atoms with E-state index in [2.05, 4.69) is 4.72 Å². The molecule has 0 radical (unpaired) electrons. The van der Waals surface area contributed by atoms with Gasteiger partial charge in [-0.3, -0.25) is 4.72 Å². The molecule has 0 saturated carbocycles. The first-order valence-corrected chi connectivity index (χ1v) is 7.63. The molecular formula is C15H16N2O2S. The van der Waals surface area contributed by atoms with Crippen LogP contribution in [-0.2, 0) is 10.0 Å². The van der Waals surface area contributed by atoms with E-state index in [-0.39, 0.29) is 0 Å². The van der Waals surface area contributed by atoms with Gasteiger partial charge in [0.15, 0.2) is 0 Å². The van der Waals surface area contributed by atoms with Crippen molar-refractivity contribution in [2.24, 2.45) is 0 Å². The summed E-state index contributed by atoms with van der Waals surface area (Å²) < 4.78 is 26.4. The molecule has 0 fully saturated rings. The summed E-state index contributed by atoms with van der Waals surface area (Å²) in [4.78, 5) is 0. The Morgan fingerprint density at radius 1 is 1.10 bits per heavy atom. The fourth-order valence-electron chi connectivity index (χ4n) is 1.67. The maximum Gasteiger partial charge on any atom is 0.255 e. The SMILES string of the molecule is Cc1cc(NS(=O)(=O)/C=C/c2ccccc2)ccc1N. The van der Waals surface area contributed by atoms with Crippen LogP contribution in [0.1, 0.15) is 11.1 Å². The van der Waals surface area contributed by atoms with Crippen molar-refractivity contribution in [2.45, 2.75) is 6.92 Å². The van der Waals surface area contributed by atoms with E-state index in [1.165, 1.54) is 0 Å². The Hall–Kier alpha value is -2.27. The van der Waals surface area contributed by atoms with Crippen molar-refractivity contribution < 1.29 is 8.42 Å². The van der Waals surface area contributed by atoms with Gasteiger partial charge >= 0.3 is 0 Å². The number of hydrogen-bond donors (Lipinski definition) is 2. The van der Waals surface area contributed by atoms with E-state index in [0.717, 1.165) is 16.5 Å². The number of nitrogens with one attached hydrogen (secondary N) is 1. The number of sulfonamides is 1. The molecule has 2 rings (SSSR count). The third-order valence-corrected chi connectivity index (χ3v) is 3.78. The van der Waals surface area contributed by atoms with Gasteiger partial charge in [0.05, 0.1) is 5.41 Å². The number of anilines is 2. The molecule has 0 aliphatic heterocycles. The van der Waals surface area contributed by atoms with Crippen LogP contribution in [-0.4, -0.2) is 8.42 Å². The number of hydrogen-bond acceptors (Lipinski definition) is 3. The van der Waals surface area contributed by atoms with Gasteiger partial charge in [-0.15, -0.1) is 0 Å². The van der Waals surface area contributed by atoms with Crippen LogP contribution in [0.4, 0.5) is 11.4 Å². The maximum absolute atomic E-state index is 11.9. The van der Waals surface area contributed by atoms with Crippen LogP contribution in [0.25, 0.3) is 6.08 Å². The zero-order valence-electron chi connectivity index (χ0n) is 11.1. The molecule has 4 nitrogen and oxygen atoms in total. The van der Waals surface area contributed by atoms with Crippen LogP contribution < -0.4 is 10.5 Å². The van der Waals surface area contributed by atoms with Crippen molar-refractivity contribution >= 4 is 27.5 Å². The zero-order chi connectivity index (χ0) is 14.6. The molecule has 0 aliphatic carbocycles. The van der Waals surface area contributed by atoms with E-state index in [9.17, 15) is 8.42 Å². The van der Waals surface area contributed by atoms with Crippen LogP contribution in [0.15, 0.2) is 53.9 Å². The third kappa shape index (κ3) is 3.86. The highest BCUT2D eigenvalue weighted by Gasteiger charge is 2.06. The van der Waals surface area contributed by atoms with E-state index in [4.69, 9.17) is 5.73 Å². The molecule has 0 spiro atoms. The molecule has 5 heteroatoms. The number of aryl methyl sites for hydroxylation is 1. The number of rotatable bonds is 4. The van der Waals surface area contributed by atoms with Crippen molar-refractivity contribution in [2.75, 3.05) is 10.5 Å². The minimum Gasteiger partial charge on any atom is -0.399 e. The molecule has 0 aliphatic rings. The normalized spacial score (nSPS) is 11.7. The van der Waals surface area contributed by atoms with Gasteiger partial charge in [0.1, 0.15) is 0 Å². The van der Waals surface area contributed by atoms with Crippen LogP contribution in [0.2, 0.25) is 0 Å². The summed E-state index contributed by atoms with van der Waals surface area (Å²) in [6, 6.07) is 14.2. The smallest absolute Gasteiger partial charge is 0.255 e. The highest BCUT2D eigenvalue weighted by atomic mass is 32.2. The van der Waals surface area contributed by atoms with Crippen LogP contribution >= 0.6 is 0 Å². The molecule has 0 bridgehead atoms. The summed E-state index contributed by atoms with van der Waals surface area (Å²) in [6.45, 7) is 1.83. The first-order valence-electron chi connectivity index (χ1n) is 6.08. The largest absolute Gasteiger partial charge is 0.399 e. The molecule has 0 atom stereocenters. The average Bonchev–Trinajstić information content (AvgIpc) is 2.42. The van der Waals surface area contributed by atoms with Gasteiger partial charge in [-0.1, -0.05) is 30.3 Å². The van der Waals surface area contributed by atoms with Crippen molar-refractivity contribution in [1.29, 1.82) is 0 Å². The Morgan fingerprint density at radius 3 is 2.45 bits per heavy atom. The predicted molar refractivity (Wildman–Crippen MR) is 83.6 cm³/mol. The molecule has 3 N–H and O–H groups in total. The van der Waals surface area contributed by atoms with Crippen molar-refractivity contribution in [1.82, 2.24) is 0 Å². The molecule has 104 valence electrons. The lowest BCUT2D eigenvalue weighted by Crippen LogP contribution is -2.09. The number of benzene rings is 2. The lowest BCUT2D eigenvalue weighted by atomic mass is 10.2. The molecule has 0 aromatic heterocycles. The van der Waals surface area contributed by atoms with Gasteiger partial charge in [-0.2, -0.15) is 0 Å². The van der Waals surface area contributed by atoms with Crippen LogP contribution in [0, 0.1) is 6.92 Å². The third-order valence-electron chi connectivity index (χ3n) is 2.77. The molecular weight excluding hydrogens is 272 g/mol. The highest BCUT2D eigenvalue weighted by molar-refractivity contribution is 7.95. The Morgan fingerprint density at radius 2 is 1.80 bits per heavy atom. The lowest BCUT2D eigenvalue weighted by molar-refractivity contribution is 0.609. The zero-order valence-corrected chi connectivity index (χ0v) is 11.9. The summed E-state index contributed by atoms with van der Waals surface area (Å²) in [6.07, 6.45) is 1.55. The van der Waals surface area contributed by atoms with Gasteiger partial charge in [0.2, 0.25) is 0 Å². The summed E-state index contributed by atoms with van der Waals surface area (Å²) in [7, 11) is -3.53. The lowest BCUT2D eigenvalue weighted by Gasteiger charge is -2.07. The minimum atomic E-state index is -3.53. The Labute approximate surface area is 119 Å². The fraction of sp³-hybridized carbons (Fsp3) is 0.0667. The Balaban J connectivity index is 2.15. The summed E-state index contributed by atoms with van der Waals surface area (Å²) in [5.74, 6) is 0. The van der Waals surface area contributed by atoms with Gasteiger partial charge in [-0.05, 0) is 42.3 Å². The van der Waals surface area contributed by atoms with E-state index in [1.807, 2.05) is 37.3 Å². The van der Waals surface area contributed by atoms with Crippen molar-refractivity contribution in [3.8, 4) is 0 Å². The standard InChI is InChI=1S/C15H16N2O2S/c1-12-11-14(7-8-15(12)16)17-20(18,19)10-9-13-5-3-2-4-6-13/h2-11,17H,16H2,1H3/b10-9+. The second kappa shape index (κ2) is 5.79. The quantitative estimate of drug-likeness (QED) is 0.849. The first kappa shape index (κ1) is 14.1. The molecule has 20 heavy (non-hydrogen) atoms. The first-order chi connectivity index (χ1) is 9.46. The summed E-state index contributed by atoms with van der Waals surface area (Å²) in [5, 5.41) is 1.15. The fourth-order valence-corrected chi connectivity index (χ4v) is 2.53. The van der Waals surface area contributed by atoms with Crippen LogP contribution in [0.5, 0.6) is 0 Å². The van der Waals surface area contributed by atoms with Crippen molar-refractivity contribution in [3.05, 3.63) is 65.1 Å². The Bertz CT molecular complexity index is 723. The number of nitrogen functional groups attached to an aromatic ring is 1. The minimum absolute atomic E-state index is 0.495. The monoisotopic (exact) mass is 288 g/mol. The average molecular weight is 288 g/mol. The molecule has 0 unspecified atom stereocenters. The van der Waals surface area contributed by atoms with E-state index < -0.39 is 10.0 Å². The van der Waals surface area contributed by atoms with Gasteiger partial charge in [0, 0.05) is 11.4 Å². The summed E-state index contributed by atoms with van der Waals surface area (Å²) in [5.41, 5.74) is 8.48. The van der Waals surface area contributed by atoms with Crippen LogP contribution in [0.3, 0.4) is 0 Å². The number of nitrogens with two attached hydrogens (primary N) is 1. The molecule has 2 aromatic carbocycles. The van der Waals surface area contributed by atoms with E-state index >= 15 is 0 Å². The highest BCUT2D eigenvalue weighted by Crippen LogP contribution is 2.18. The van der Waals surface area contributed by atoms with Gasteiger partial charge in [0.25, 0.3) is 10.0 Å². The topological polar surface area (TPSA) is 72.2 Å². The molecule has 0 amide bonds. The Kier molecular flexibility index (Phi) is 4.10. The van der Waals surface area contributed by atoms with Gasteiger partial charge in [-0.25, -0.2) is 8.42 Å². The second-order valence-corrected chi connectivity index (χ2v) is 6.00. The predicted octanol–water partition coefficient (Wildman–Crippen LogP) is 2.99. The van der Waals surface area contributed by atoms with E-state index in [1.54, 1.807) is 24.3 Å². The van der Waals surface area contributed by atoms with E-state index in [0.29, 0.717) is 11.4 Å². The maximum atomic E-state index is 11.9.